The number of nitrogens with zero attached hydrogens (tertiary/aromatic N) is 2. The minimum absolute atomic E-state index is 0.173. The van der Waals surface area contributed by atoms with E-state index >= 15 is 0 Å². The average molecular weight is 279 g/mol. The first-order chi connectivity index (χ1) is 10.3. The molecule has 1 N–H and O–H groups in total. The van der Waals surface area contributed by atoms with E-state index in [9.17, 15) is 0 Å². The van der Waals surface area contributed by atoms with Crippen molar-refractivity contribution in [3.8, 4) is 11.6 Å². The summed E-state index contributed by atoms with van der Waals surface area (Å²) < 4.78 is 5.95. The van der Waals surface area contributed by atoms with Gasteiger partial charge in [-0.25, -0.2) is 4.98 Å². The zero-order valence-corrected chi connectivity index (χ0v) is 12.1. The molecule has 0 aliphatic rings. The van der Waals surface area contributed by atoms with Gasteiger partial charge in [-0.3, -0.25) is 4.98 Å². The van der Waals surface area contributed by atoms with E-state index in [4.69, 9.17) is 4.74 Å². The van der Waals surface area contributed by atoms with E-state index in [-0.39, 0.29) is 6.04 Å². The van der Waals surface area contributed by atoms with E-state index in [1.807, 2.05) is 49.5 Å². The Morgan fingerprint density at radius 2 is 1.86 bits per heavy atom. The van der Waals surface area contributed by atoms with Gasteiger partial charge in [0.2, 0.25) is 5.88 Å². The molecule has 2 aromatic heterocycles. The van der Waals surface area contributed by atoms with Crippen molar-refractivity contribution in [2.75, 3.05) is 7.05 Å². The van der Waals surface area contributed by atoms with Crippen molar-refractivity contribution in [1.29, 1.82) is 0 Å². The van der Waals surface area contributed by atoms with E-state index in [1.165, 1.54) is 0 Å². The lowest BCUT2D eigenvalue weighted by Crippen LogP contribution is -2.13. The predicted molar refractivity (Wildman–Crippen MR) is 83.5 cm³/mol. The normalized spacial score (nSPS) is 12.3. The molecule has 0 fully saturated rings. The lowest BCUT2D eigenvalue weighted by Gasteiger charge is -2.15. The summed E-state index contributed by atoms with van der Waals surface area (Å²) in [6, 6.07) is 13.9. The maximum absolute atomic E-state index is 5.95. The fourth-order valence-electron chi connectivity index (χ4n) is 2.19. The molecule has 0 amide bonds. The lowest BCUT2D eigenvalue weighted by atomic mass is 10.1. The number of nitrogens with one attached hydrogen (secondary N) is 1. The Hall–Kier alpha value is -2.46. The van der Waals surface area contributed by atoms with Crippen LogP contribution in [0.5, 0.6) is 11.6 Å². The SMILES string of the molecule is CNC(C)c1cccnc1Oc1ccc2cccnc2c1. The predicted octanol–water partition coefficient (Wildman–Crippen LogP) is 3.70. The van der Waals surface area contributed by atoms with Crippen LogP contribution < -0.4 is 10.1 Å². The van der Waals surface area contributed by atoms with Crippen molar-refractivity contribution in [2.24, 2.45) is 0 Å². The van der Waals surface area contributed by atoms with Crippen molar-refractivity contribution >= 4 is 10.9 Å². The molecule has 3 rings (SSSR count). The highest BCUT2D eigenvalue weighted by Gasteiger charge is 2.11. The second-order valence-corrected chi connectivity index (χ2v) is 4.87. The number of rotatable bonds is 4. The summed E-state index contributed by atoms with van der Waals surface area (Å²) in [5.74, 6) is 1.36. The smallest absolute Gasteiger partial charge is 0.223 e. The van der Waals surface area contributed by atoms with Gasteiger partial charge in [0.05, 0.1) is 5.52 Å². The average Bonchev–Trinajstić information content (AvgIpc) is 2.54. The van der Waals surface area contributed by atoms with Gasteiger partial charge in [0.1, 0.15) is 5.75 Å². The van der Waals surface area contributed by atoms with Crippen LogP contribution in [0.3, 0.4) is 0 Å². The molecule has 0 bridgehead atoms. The third-order valence-corrected chi connectivity index (χ3v) is 3.49. The van der Waals surface area contributed by atoms with Crippen LogP contribution in [0, 0.1) is 0 Å². The molecule has 0 saturated carbocycles. The molecule has 0 spiro atoms. The van der Waals surface area contributed by atoms with E-state index in [0.29, 0.717) is 5.88 Å². The molecule has 0 saturated heterocycles. The van der Waals surface area contributed by atoms with Crippen LogP contribution in [-0.2, 0) is 0 Å². The number of hydrogen-bond acceptors (Lipinski definition) is 4. The molecule has 106 valence electrons. The Kier molecular flexibility index (Phi) is 3.79. The third kappa shape index (κ3) is 2.85. The van der Waals surface area contributed by atoms with Crippen molar-refractivity contribution < 1.29 is 4.74 Å². The van der Waals surface area contributed by atoms with Crippen molar-refractivity contribution in [1.82, 2.24) is 15.3 Å². The molecule has 1 atom stereocenters. The highest BCUT2D eigenvalue weighted by molar-refractivity contribution is 5.79. The summed E-state index contributed by atoms with van der Waals surface area (Å²) in [5, 5.41) is 4.30. The molecular formula is C17H17N3O. The van der Waals surface area contributed by atoms with E-state index < -0.39 is 0 Å². The van der Waals surface area contributed by atoms with Crippen LogP contribution in [0.4, 0.5) is 0 Å². The highest BCUT2D eigenvalue weighted by atomic mass is 16.5. The molecule has 1 aromatic carbocycles. The van der Waals surface area contributed by atoms with E-state index in [0.717, 1.165) is 22.2 Å². The van der Waals surface area contributed by atoms with Gasteiger partial charge in [-0.15, -0.1) is 0 Å². The summed E-state index contributed by atoms with van der Waals surface area (Å²) in [6.45, 7) is 2.08. The number of hydrogen-bond donors (Lipinski definition) is 1. The standard InChI is InChI=1S/C17H17N3O/c1-12(18-2)15-6-4-10-20-17(15)21-14-8-7-13-5-3-9-19-16(13)11-14/h3-12,18H,1-2H3. The zero-order chi connectivity index (χ0) is 14.7. The summed E-state index contributed by atoms with van der Waals surface area (Å²) in [6.07, 6.45) is 3.52. The fraction of sp³-hybridized carbons (Fsp3) is 0.176. The minimum Gasteiger partial charge on any atom is -0.439 e. The second-order valence-electron chi connectivity index (χ2n) is 4.87. The zero-order valence-electron chi connectivity index (χ0n) is 12.1. The van der Waals surface area contributed by atoms with Crippen molar-refractivity contribution in [3.05, 3.63) is 60.4 Å². The molecule has 0 aliphatic carbocycles. The monoisotopic (exact) mass is 279 g/mol. The Morgan fingerprint density at radius 1 is 1.05 bits per heavy atom. The van der Waals surface area contributed by atoms with E-state index in [1.54, 1.807) is 12.4 Å². The number of ether oxygens (including phenoxy) is 1. The lowest BCUT2D eigenvalue weighted by molar-refractivity contribution is 0.447. The maximum Gasteiger partial charge on any atom is 0.223 e. The molecule has 0 radical (unpaired) electrons. The summed E-state index contributed by atoms with van der Waals surface area (Å²) in [7, 11) is 1.92. The molecular weight excluding hydrogens is 262 g/mol. The molecule has 3 aromatic rings. The largest absolute Gasteiger partial charge is 0.439 e. The van der Waals surface area contributed by atoms with Gasteiger partial charge in [-0.05, 0) is 38.2 Å². The van der Waals surface area contributed by atoms with Crippen molar-refractivity contribution in [2.45, 2.75) is 13.0 Å². The summed E-state index contributed by atoms with van der Waals surface area (Å²) >= 11 is 0. The van der Waals surface area contributed by atoms with Crippen LogP contribution in [0.2, 0.25) is 0 Å². The van der Waals surface area contributed by atoms with Crippen LogP contribution in [-0.4, -0.2) is 17.0 Å². The Morgan fingerprint density at radius 3 is 2.71 bits per heavy atom. The highest BCUT2D eigenvalue weighted by Crippen LogP contribution is 2.28. The number of aromatic nitrogens is 2. The molecule has 2 heterocycles. The quantitative estimate of drug-likeness (QED) is 0.791. The Balaban J connectivity index is 1.95. The first-order valence-electron chi connectivity index (χ1n) is 6.93. The summed E-state index contributed by atoms with van der Waals surface area (Å²) in [5.41, 5.74) is 1.94. The first-order valence-corrected chi connectivity index (χ1v) is 6.93. The molecule has 1 unspecified atom stereocenters. The van der Waals surface area contributed by atoms with E-state index in [2.05, 4.69) is 22.2 Å². The van der Waals surface area contributed by atoms with Gasteiger partial charge in [0.25, 0.3) is 0 Å². The topological polar surface area (TPSA) is 47.0 Å². The van der Waals surface area contributed by atoms with Crippen LogP contribution in [0.25, 0.3) is 10.9 Å². The van der Waals surface area contributed by atoms with Crippen LogP contribution in [0.15, 0.2) is 54.9 Å². The maximum atomic E-state index is 5.95. The molecule has 4 nitrogen and oxygen atoms in total. The Bertz CT molecular complexity index is 758. The van der Waals surface area contributed by atoms with Crippen molar-refractivity contribution in [3.63, 3.8) is 0 Å². The van der Waals surface area contributed by atoms with Gasteiger partial charge in [-0.2, -0.15) is 0 Å². The molecule has 0 aliphatic heterocycles. The number of pyridine rings is 2. The first kappa shape index (κ1) is 13.5. The van der Waals surface area contributed by atoms with Crippen LogP contribution in [0.1, 0.15) is 18.5 Å². The van der Waals surface area contributed by atoms with Gasteiger partial charge in [-0.1, -0.05) is 12.1 Å². The summed E-state index contributed by atoms with van der Waals surface area (Å²) in [4.78, 5) is 8.68. The van der Waals surface area contributed by atoms with Gasteiger partial charge in [0.15, 0.2) is 0 Å². The third-order valence-electron chi connectivity index (χ3n) is 3.49. The van der Waals surface area contributed by atoms with Gasteiger partial charge < -0.3 is 10.1 Å². The number of fused-ring (bicyclic) bond motifs is 1. The Labute approximate surface area is 123 Å². The van der Waals surface area contributed by atoms with Gasteiger partial charge in [0, 0.05) is 35.5 Å². The minimum atomic E-state index is 0.173. The van der Waals surface area contributed by atoms with Crippen LogP contribution >= 0.6 is 0 Å². The second kappa shape index (κ2) is 5.89. The van der Waals surface area contributed by atoms with Gasteiger partial charge >= 0.3 is 0 Å². The number of benzene rings is 1. The molecule has 21 heavy (non-hydrogen) atoms. The fourth-order valence-corrected chi connectivity index (χ4v) is 2.19. The molecule has 4 heteroatoms.